The summed E-state index contributed by atoms with van der Waals surface area (Å²) in [4.78, 5) is 0. The van der Waals surface area contributed by atoms with E-state index >= 15 is 0 Å². The smallest absolute Gasteiger partial charge is 0.264 e. The minimum absolute atomic E-state index is 0.000573. The maximum absolute atomic E-state index is 11.4. The molecule has 5 nitrogen and oxygen atoms in total. The molecule has 20 heavy (non-hydrogen) atoms. The second-order valence-corrected chi connectivity index (χ2v) is 6.89. The first kappa shape index (κ1) is 15.3. The Balaban J connectivity index is 2.22. The van der Waals surface area contributed by atoms with Crippen molar-refractivity contribution in [3.05, 3.63) is 29.8 Å². The van der Waals surface area contributed by atoms with Crippen LogP contribution in [0.5, 0.6) is 5.75 Å². The zero-order valence-corrected chi connectivity index (χ0v) is 12.6. The van der Waals surface area contributed by atoms with Crippen LogP contribution in [0, 0.1) is 0 Å². The SMILES string of the molecule is COc1ccc([C@@H]2C[C@H](N)CC[C@H]2OS(C)(=O)=O)cc1. The molecule has 6 heteroatoms. The molecule has 0 unspecified atom stereocenters. The van der Waals surface area contributed by atoms with E-state index in [0.29, 0.717) is 6.42 Å². The molecule has 0 aromatic heterocycles. The minimum Gasteiger partial charge on any atom is -0.497 e. The highest BCUT2D eigenvalue weighted by molar-refractivity contribution is 7.86. The predicted molar refractivity (Wildman–Crippen MR) is 77.3 cm³/mol. The van der Waals surface area contributed by atoms with Gasteiger partial charge in [-0.3, -0.25) is 4.18 Å². The lowest BCUT2D eigenvalue weighted by Gasteiger charge is -2.34. The van der Waals surface area contributed by atoms with Crippen molar-refractivity contribution in [1.82, 2.24) is 0 Å². The largest absolute Gasteiger partial charge is 0.497 e. The molecule has 1 aliphatic rings. The molecule has 1 aromatic carbocycles. The van der Waals surface area contributed by atoms with E-state index in [1.165, 1.54) is 0 Å². The fourth-order valence-electron chi connectivity index (χ4n) is 2.72. The molecule has 3 atom stereocenters. The molecule has 0 amide bonds. The van der Waals surface area contributed by atoms with Crippen molar-refractivity contribution in [2.75, 3.05) is 13.4 Å². The Kier molecular flexibility index (Phi) is 4.67. The fourth-order valence-corrected chi connectivity index (χ4v) is 3.40. The molecular formula is C14H21NO4S. The molecular weight excluding hydrogens is 278 g/mol. The Morgan fingerprint density at radius 2 is 1.85 bits per heavy atom. The highest BCUT2D eigenvalue weighted by Gasteiger charge is 2.33. The van der Waals surface area contributed by atoms with Gasteiger partial charge in [0.25, 0.3) is 10.1 Å². The van der Waals surface area contributed by atoms with E-state index in [-0.39, 0.29) is 18.1 Å². The van der Waals surface area contributed by atoms with Gasteiger partial charge in [0.15, 0.2) is 0 Å². The van der Waals surface area contributed by atoms with Crippen molar-refractivity contribution in [1.29, 1.82) is 0 Å². The molecule has 112 valence electrons. The van der Waals surface area contributed by atoms with Crippen molar-refractivity contribution >= 4 is 10.1 Å². The van der Waals surface area contributed by atoms with Crippen LogP contribution in [0.25, 0.3) is 0 Å². The average Bonchev–Trinajstić information content (AvgIpc) is 2.39. The second-order valence-electron chi connectivity index (χ2n) is 5.29. The maximum atomic E-state index is 11.4. The van der Waals surface area contributed by atoms with Crippen molar-refractivity contribution in [3.8, 4) is 5.75 Å². The number of rotatable bonds is 4. The van der Waals surface area contributed by atoms with Crippen LogP contribution >= 0.6 is 0 Å². The number of hydrogen-bond acceptors (Lipinski definition) is 5. The molecule has 0 bridgehead atoms. The first-order chi connectivity index (χ1) is 9.39. The fraction of sp³-hybridized carbons (Fsp3) is 0.571. The van der Waals surface area contributed by atoms with E-state index in [2.05, 4.69) is 0 Å². The molecule has 2 N–H and O–H groups in total. The third kappa shape index (κ3) is 3.94. The van der Waals surface area contributed by atoms with Gasteiger partial charge in [-0.05, 0) is 37.0 Å². The molecule has 0 heterocycles. The first-order valence-electron chi connectivity index (χ1n) is 6.67. The highest BCUT2D eigenvalue weighted by Crippen LogP contribution is 2.35. The summed E-state index contributed by atoms with van der Waals surface area (Å²) in [6.07, 6.45) is 2.93. The van der Waals surface area contributed by atoms with Crippen LogP contribution in [-0.2, 0) is 14.3 Å². The van der Waals surface area contributed by atoms with Gasteiger partial charge in [-0.2, -0.15) is 8.42 Å². The van der Waals surface area contributed by atoms with Crippen molar-refractivity contribution in [3.63, 3.8) is 0 Å². The van der Waals surface area contributed by atoms with Gasteiger partial charge >= 0.3 is 0 Å². The summed E-state index contributed by atoms with van der Waals surface area (Å²) < 4.78 is 33.1. The number of benzene rings is 1. The summed E-state index contributed by atoms with van der Waals surface area (Å²) in [6.45, 7) is 0. The topological polar surface area (TPSA) is 78.6 Å². The lowest BCUT2D eigenvalue weighted by atomic mass is 9.79. The number of methoxy groups -OCH3 is 1. The summed E-state index contributed by atoms with van der Waals surface area (Å²) in [6, 6.07) is 7.71. The van der Waals surface area contributed by atoms with E-state index in [1.807, 2.05) is 24.3 Å². The van der Waals surface area contributed by atoms with Gasteiger partial charge in [-0.1, -0.05) is 12.1 Å². The zero-order chi connectivity index (χ0) is 14.8. The Labute approximate surface area is 120 Å². The van der Waals surface area contributed by atoms with Crippen LogP contribution in [0.2, 0.25) is 0 Å². The lowest BCUT2D eigenvalue weighted by molar-refractivity contribution is 0.130. The average molecular weight is 299 g/mol. The molecule has 0 aliphatic heterocycles. The lowest BCUT2D eigenvalue weighted by Crippen LogP contribution is -2.37. The van der Waals surface area contributed by atoms with Crippen LogP contribution in [0.4, 0.5) is 0 Å². The summed E-state index contributed by atoms with van der Waals surface area (Å²) in [5, 5.41) is 0. The molecule has 0 radical (unpaired) electrons. The van der Waals surface area contributed by atoms with Crippen molar-refractivity contribution < 1.29 is 17.3 Å². The summed E-state index contributed by atoms with van der Waals surface area (Å²) in [7, 11) is -1.85. The molecule has 0 spiro atoms. The van der Waals surface area contributed by atoms with Gasteiger partial charge in [0, 0.05) is 12.0 Å². The van der Waals surface area contributed by atoms with Crippen LogP contribution in [-0.4, -0.2) is 33.9 Å². The Hall–Kier alpha value is -1.11. The Morgan fingerprint density at radius 1 is 1.20 bits per heavy atom. The predicted octanol–water partition coefficient (Wildman–Crippen LogP) is 1.63. The Bertz CT molecular complexity index is 541. The Morgan fingerprint density at radius 3 is 2.40 bits per heavy atom. The van der Waals surface area contributed by atoms with Gasteiger partial charge in [-0.25, -0.2) is 0 Å². The molecule has 1 aliphatic carbocycles. The number of nitrogens with two attached hydrogens (primary N) is 1. The third-order valence-corrected chi connectivity index (χ3v) is 4.27. The van der Waals surface area contributed by atoms with E-state index in [9.17, 15) is 8.42 Å². The van der Waals surface area contributed by atoms with Crippen molar-refractivity contribution in [2.24, 2.45) is 5.73 Å². The standard InChI is InChI=1S/C14H21NO4S/c1-18-12-6-3-10(4-7-12)13-9-11(15)5-8-14(13)19-20(2,16)17/h3-4,6-7,11,13-14H,5,8-9,15H2,1-2H3/t11-,13+,14-/m1/s1. The van der Waals surface area contributed by atoms with E-state index < -0.39 is 10.1 Å². The zero-order valence-electron chi connectivity index (χ0n) is 11.8. The maximum Gasteiger partial charge on any atom is 0.264 e. The molecule has 0 saturated heterocycles. The highest BCUT2D eigenvalue weighted by atomic mass is 32.2. The normalized spacial score (nSPS) is 27.2. The monoisotopic (exact) mass is 299 g/mol. The van der Waals surface area contributed by atoms with Crippen molar-refractivity contribution in [2.45, 2.75) is 37.3 Å². The van der Waals surface area contributed by atoms with E-state index in [1.54, 1.807) is 7.11 Å². The quantitative estimate of drug-likeness (QED) is 0.855. The molecule has 2 rings (SSSR count). The first-order valence-corrected chi connectivity index (χ1v) is 8.48. The summed E-state index contributed by atoms with van der Waals surface area (Å²) in [5.41, 5.74) is 7.05. The van der Waals surface area contributed by atoms with Gasteiger partial charge in [0.1, 0.15) is 5.75 Å². The van der Waals surface area contributed by atoms with Crippen LogP contribution in [0.3, 0.4) is 0 Å². The number of hydrogen-bond donors (Lipinski definition) is 1. The van der Waals surface area contributed by atoms with Gasteiger partial charge < -0.3 is 10.5 Å². The van der Waals surface area contributed by atoms with E-state index in [4.69, 9.17) is 14.7 Å². The minimum atomic E-state index is -3.46. The van der Waals surface area contributed by atoms with Gasteiger partial charge in [0.2, 0.25) is 0 Å². The van der Waals surface area contributed by atoms with Crippen LogP contribution < -0.4 is 10.5 Å². The molecule has 1 saturated carbocycles. The molecule has 1 fully saturated rings. The van der Waals surface area contributed by atoms with Crippen LogP contribution in [0.15, 0.2) is 24.3 Å². The third-order valence-electron chi connectivity index (χ3n) is 3.67. The van der Waals surface area contributed by atoms with E-state index in [0.717, 1.165) is 30.4 Å². The molecule has 1 aromatic rings. The summed E-state index contributed by atoms with van der Waals surface area (Å²) >= 11 is 0. The second kappa shape index (κ2) is 6.11. The van der Waals surface area contributed by atoms with Gasteiger partial charge in [0.05, 0.1) is 19.5 Å². The van der Waals surface area contributed by atoms with Gasteiger partial charge in [-0.15, -0.1) is 0 Å². The summed E-state index contributed by atoms with van der Waals surface area (Å²) in [5.74, 6) is 0.772. The number of ether oxygens (including phenoxy) is 1. The van der Waals surface area contributed by atoms with Crippen LogP contribution in [0.1, 0.15) is 30.7 Å².